The lowest BCUT2D eigenvalue weighted by molar-refractivity contribution is 0.0922. The molecule has 1 aliphatic heterocycles. The molecule has 5 heteroatoms. The predicted octanol–water partition coefficient (Wildman–Crippen LogP) is 1.15. The van der Waals surface area contributed by atoms with Crippen LogP contribution in [0.2, 0.25) is 0 Å². The average molecular weight is 248 g/mol. The highest BCUT2D eigenvalue weighted by molar-refractivity contribution is 5.72. The molecule has 1 aromatic carbocycles. The highest BCUT2D eigenvalue weighted by atomic mass is 16.4. The fraction of sp³-hybridized carbons (Fsp3) is 0.462. The minimum Gasteiger partial charge on any atom is -0.408 e. The number of hydrogen-bond donors (Lipinski definition) is 3. The van der Waals surface area contributed by atoms with Crippen LogP contribution in [0.25, 0.3) is 11.1 Å². The first kappa shape index (κ1) is 11.5. The molecule has 0 radical (unpaired) electrons. The first-order chi connectivity index (χ1) is 8.74. The van der Waals surface area contributed by atoms with E-state index in [2.05, 4.69) is 10.3 Å². The Morgan fingerprint density at radius 2 is 2.33 bits per heavy atom. The van der Waals surface area contributed by atoms with E-state index in [-0.39, 0.29) is 5.92 Å². The molecule has 1 aliphatic rings. The molecule has 2 aromatic rings. The second-order valence-corrected chi connectivity index (χ2v) is 4.82. The largest absolute Gasteiger partial charge is 0.417 e. The molecule has 2 unspecified atom stereocenters. The van der Waals surface area contributed by atoms with Crippen molar-refractivity contribution in [3.05, 3.63) is 34.3 Å². The van der Waals surface area contributed by atoms with Gasteiger partial charge in [0, 0.05) is 12.5 Å². The monoisotopic (exact) mass is 248 g/mol. The molecule has 0 amide bonds. The summed E-state index contributed by atoms with van der Waals surface area (Å²) in [4.78, 5) is 13.7. The number of aliphatic hydroxyl groups excluding tert-OH is 1. The van der Waals surface area contributed by atoms with Gasteiger partial charge in [0.15, 0.2) is 5.58 Å². The van der Waals surface area contributed by atoms with Crippen molar-refractivity contribution in [3.8, 4) is 0 Å². The Kier molecular flexibility index (Phi) is 2.93. The third-order valence-corrected chi connectivity index (χ3v) is 3.57. The molecule has 5 nitrogen and oxygen atoms in total. The zero-order valence-corrected chi connectivity index (χ0v) is 9.98. The number of rotatable bonds is 2. The molecule has 1 saturated heterocycles. The number of hydrogen-bond acceptors (Lipinski definition) is 4. The Hall–Kier alpha value is -1.59. The van der Waals surface area contributed by atoms with Crippen LogP contribution in [-0.4, -0.2) is 23.2 Å². The molecule has 1 aromatic heterocycles. The molecule has 3 rings (SSSR count). The molecular weight excluding hydrogens is 232 g/mol. The summed E-state index contributed by atoms with van der Waals surface area (Å²) in [6, 6.07) is 5.36. The predicted molar refractivity (Wildman–Crippen MR) is 67.4 cm³/mol. The second kappa shape index (κ2) is 4.59. The Morgan fingerprint density at radius 3 is 3.11 bits per heavy atom. The lowest BCUT2D eigenvalue weighted by Gasteiger charge is -2.27. The second-order valence-electron chi connectivity index (χ2n) is 4.82. The van der Waals surface area contributed by atoms with Crippen LogP contribution in [0.4, 0.5) is 0 Å². The highest BCUT2D eigenvalue weighted by Crippen LogP contribution is 2.28. The van der Waals surface area contributed by atoms with Gasteiger partial charge in [-0.05, 0) is 37.1 Å². The molecule has 1 fully saturated rings. The normalized spacial score (nSPS) is 22.2. The lowest BCUT2D eigenvalue weighted by atomic mass is 9.89. The third kappa shape index (κ3) is 2.07. The van der Waals surface area contributed by atoms with E-state index < -0.39 is 11.9 Å². The minimum absolute atomic E-state index is 0.224. The number of nitrogens with one attached hydrogen (secondary N) is 2. The smallest absolute Gasteiger partial charge is 0.408 e. The summed E-state index contributed by atoms with van der Waals surface area (Å²) in [5.41, 5.74) is 1.97. The van der Waals surface area contributed by atoms with Gasteiger partial charge in [0.1, 0.15) is 0 Å². The van der Waals surface area contributed by atoms with Gasteiger partial charge in [0.2, 0.25) is 0 Å². The lowest BCUT2D eigenvalue weighted by Crippen LogP contribution is -2.33. The number of H-pyrrole nitrogens is 1. The Balaban J connectivity index is 1.90. The summed E-state index contributed by atoms with van der Waals surface area (Å²) < 4.78 is 5.01. The van der Waals surface area contributed by atoms with E-state index in [1.54, 1.807) is 12.1 Å². The van der Waals surface area contributed by atoms with Crippen LogP contribution in [0.5, 0.6) is 0 Å². The number of aromatic amines is 1. The van der Waals surface area contributed by atoms with Crippen LogP contribution >= 0.6 is 0 Å². The Morgan fingerprint density at radius 1 is 1.44 bits per heavy atom. The van der Waals surface area contributed by atoms with Gasteiger partial charge in [-0.1, -0.05) is 6.07 Å². The zero-order valence-electron chi connectivity index (χ0n) is 9.98. The molecule has 2 heterocycles. The van der Waals surface area contributed by atoms with E-state index in [1.165, 1.54) is 0 Å². The van der Waals surface area contributed by atoms with Crippen molar-refractivity contribution in [3.63, 3.8) is 0 Å². The molecular formula is C13H16N2O3. The van der Waals surface area contributed by atoms with Crippen LogP contribution in [-0.2, 0) is 0 Å². The van der Waals surface area contributed by atoms with Gasteiger partial charge in [0.25, 0.3) is 0 Å². The van der Waals surface area contributed by atoms with Gasteiger partial charge < -0.3 is 14.8 Å². The first-order valence-electron chi connectivity index (χ1n) is 6.25. The maximum absolute atomic E-state index is 11.1. The maximum atomic E-state index is 11.1. The molecule has 18 heavy (non-hydrogen) atoms. The number of oxazole rings is 1. The van der Waals surface area contributed by atoms with Crippen molar-refractivity contribution in [2.24, 2.45) is 5.92 Å². The van der Waals surface area contributed by atoms with Gasteiger partial charge >= 0.3 is 5.76 Å². The van der Waals surface area contributed by atoms with Crippen molar-refractivity contribution >= 4 is 11.1 Å². The van der Waals surface area contributed by atoms with Crippen LogP contribution < -0.4 is 11.1 Å². The SMILES string of the molecule is O=c1[nH]c2ccc(C(O)C3CCCNC3)cc2o1. The van der Waals surface area contributed by atoms with Crippen LogP contribution in [0.1, 0.15) is 24.5 Å². The van der Waals surface area contributed by atoms with Crippen LogP contribution in [0.15, 0.2) is 27.4 Å². The zero-order chi connectivity index (χ0) is 12.5. The van der Waals surface area contributed by atoms with Crippen molar-refractivity contribution in [2.75, 3.05) is 13.1 Å². The summed E-state index contributed by atoms with van der Waals surface area (Å²) in [5.74, 6) is -0.238. The van der Waals surface area contributed by atoms with E-state index in [4.69, 9.17) is 4.42 Å². The minimum atomic E-state index is -0.512. The van der Waals surface area contributed by atoms with Crippen LogP contribution in [0, 0.1) is 5.92 Å². The number of fused-ring (bicyclic) bond motifs is 1. The van der Waals surface area contributed by atoms with Crippen molar-refractivity contribution in [1.82, 2.24) is 10.3 Å². The van der Waals surface area contributed by atoms with Gasteiger partial charge in [-0.25, -0.2) is 4.79 Å². The fourth-order valence-electron chi connectivity index (χ4n) is 2.57. The molecule has 96 valence electrons. The van der Waals surface area contributed by atoms with E-state index in [0.717, 1.165) is 31.5 Å². The summed E-state index contributed by atoms with van der Waals surface area (Å²) in [5, 5.41) is 13.6. The summed E-state index contributed by atoms with van der Waals surface area (Å²) in [6.07, 6.45) is 1.59. The summed E-state index contributed by atoms with van der Waals surface area (Å²) >= 11 is 0. The average Bonchev–Trinajstić information content (AvgIpc) is 2.78. The molecule has 0 saturated carbocycles. The van der Waals surface area contributed by atoms with Gasteiger partial charge in [-0.2, -0.15) is 0 Å². The number of aromatic nitrogens is 1. The highest BCUT2D eigenvalue weighted by Gasteiger charge is 2.23. The Labute approximate surface area is 104 Å². The van der Waals surface area contributed by atoms with E-state index in [1.807, 2.05) is 6.07 Å². The first-order valence-corrected chi connectivity index (χ1v) is 6.25. The third-order valence-electron chi connectivity index (χ3n) is 3.57. The topological polar surface area (TPSA) is 78.3 Å². The van der Waals surface area contributed by atoms with Crippen molar-refractivity contribution in [1.29, 1.82) is 0 Å². The van der Waals surface area contributed by atoms with Gasteiger partial charge in [0.05, 0.1) is 11.6 Å². The quantitative estimate of drug-likeness (QED) is 0.745. The van der Waals surface area contributed by atoms with E-state index >= 15 is 0 Å². The summed E-state index contributed by atoms with van der Waals surface area (Å²) in [6.45, 7) is 1.85. The van der Waals surface area contributed by atoms with Crippen molar-refractivity contribution in [2.45, 2.75) is 18.9 Å². The van der Waals surface area contributed by atoms with Gasteiger partial charge in [-0.15, -0.1) is 0 Å². The standard InChI is InChI=1S/C13H16N2O3/c16-12(9-2-1-5-14-7-9)8-3-4-10-11(6-8)18-13(17)15-10/h3-4,6,9,12,14,16H,1-2,5,7H2,(H,15,17). The maximum Gasteiger partial charge on any atom is 0.417 e. The number of piperidine rings is 1. The fourth-order valence-corrected chi connectivity index (χ4v) is 2.57. The number of benzene rings is 1. The van der Waals surface area contributed by atoms with Crippen molar-refractivity contribution < 1.29 is 9.52 Å². The molecule has 2 atom stereocenters. The van der Waals surface area contributed by atoms with Gasteiger partial charge in [-0.3, -0.25) is 4.98 Å². The molecule has 0 bridgehead atoms. The molecule has 3 N–H and O–H groups in total. The Bertz CT molecular complexity index is 596. The van der Waals surface area contributed by atoms with E-state index in [0.29, 0.717) is 11.1 Å². The van der Waals surface area contributed by atoms with E-state index in [9.17, 15) is 9.90 Å². The molecule has 0 aliphatic carbocycles. The van der Waals surface area contributed by atoms with Crippen LogP contribution in [0.3, 0.4) is 0 Å². The molecule has 0 spiro atoms. The summed E-state index contributed by atoms with van der Waals surface area (Å²) in [7, 11) is 0. The number of aliphatic hydroxyl groups is 1.